The molecule has 2 aliphatic rings. The molecule has 0 bridgehead atoms. The van der Waals surface area contributed by atoms with Crippen LogP contribution in [0.1, 0.15) is 48.3 Å². The predicted octanol–water partition coefficient (Wildman–Crippen LogP) is 4.88. The summed E-state index contributed by atoms with van der Waals surface area (Å²) in [5, 5.41) is 13.1. The largest absolute Gasteiger partial charge is 0.361 e. The lowest BCUT2D eigenvalue weighted by atomic mass is 9.72. The van der Waals surface area contributed by atoms with Crippen LogP contribution in [0.25, 0.3) is 0 Å². The number of aryl methyl sites for hydroxylation is 1. The number of benzene rings is 2. The van der Waals surface area contributed by atoms with Crippen LogP contribution in [0.3, 0.4) is 0 Å². The zero-order valence-electron chi connectivity index (χ0n) is 15.6. The molecule has 0 spiro atoms. The lowest BCUT2D eigenvalue weighted by Crippen LogP contribution is -2.33. The Morgan fingerprint density at radius 2 is 1.67 bits per heavy atom. The Kier molecular flexibility index (Phi) is 4.41. The van der Waals surface area contributed by atoms with Crippen LogP contribution in [0.15, 0.2) is 77.1 Å². The van der Waals surface area contributed by atoms with Crippen molar-refractivity contribution in [3.05, 3.63) is 93.8 Å². The number of hydrogen-bond acceptors (Lipinski definition) is 3. The van der Waals surface area contributed by atoms with Gasteiger partial charge in [0.05, 0.1) is 17.6 Å². The highest BCUT2D eigenvalue weighted by Gasteiger charge is 2.38. The van der Waals surface area contributed by atoms with Gasteiger partial charge in [0.1, 0.15) is 0 Å². The van der Waals surface area contributed by atoms with Crippen molar-refractivity contribution in [3.63, 3.8) is 0 Å². The standard InChI is InChI=1S/C24H22N2O/c1-15-8-10-18(11-9-15)23-20(14-25)16(2)26-21-12-19(13-22(27)24(21)23)17-6-4-3-5-7-17/h3-11,19,23,26H,12-13H2,1-2H3. The van der Waals surface area contributed by atoms with Gasteiger partial charge < -0.3 is 5.32 Å². The van der Waals surface area contributed by atoms with Gasteiger partial charge in [-0.15, -0.1) is 0 Å². The van der Waals surface area contributed by atoms with Crippen molar-refractivity contribution in [3.8, 4) is 6.07 Å². The molecule has 2 aromatic rings. The van der Waals surface area contributed by atoms with E-state index in [1.54, 1.807) is 0 Å². The molecule has 1 aliphatic carbocycles. The Balaban J connectivity index is 1.79. The summed E-state index contributed by atoms with van der Waals surface area (Å²) in [6, 6.07) is 20.7. The number of nitriles is 1. The molecule has 1 heterocycles. The average molecular weight is 354 g/mol. The normalized spacial score (nSPS) is 22.2. The SMILES string of the molecule is CC1=C(C#N)C(c2ccc(C)cc2)C2=C(CC(c3ccccc3)CC2=O)N1. The van der Waals surface area contributed by atoms with Crippen LogP contribution < -0.4 is 5.32 Å². The lowest BCUT2D eigenvalue weighted by molar-refractivity contribution is -0.116. The highest BCUT2D eigenvalue weighted by atomic mass is 16.1. The van der Waals surface area contributed by atoms with E-state index in [-0.39, 0.29) is 17.6 Å². The quantitative estimate of drug-likeness (QED) is 0.836. The molecule has 2 unspecified atom stereocenters. The number of carbonyl (C=O) groups excluding carboxylic acids is 1. The molecule has 0 saturated carbocycles. The summed E-state index contributed by atoms with van der Waals surface area (Å²) >= 11 is 0. The minimum absolute atomic E-state index is 0.142. The van der Waals surface area contributed by atoms with Crippen LogP contribution in [0.5, 0.6) is 0 Å². The molecular formula is C24H22N2O. The smallest absolute Gasteiger partial charge is 0.162 e. The van der Waals surface area contributed by atoms with Gasteiger partial charge in [-0.3, -0.25) is 4.79 Å². The van der Waals surface area contributed by atoms with Crippen LogP contribution in [-0.2, 0) is 4.79 Å². The summed E-state index contributed by atoms with van der Waals surface area (Å²) in [7, 11) is 0. The summed E-state index contributed by atoms with van der Waals surface area (Å²) in [5.74, 6) is 0.0551. The highest BCUT2D eigenvalue weighted by molar-refractivity contribution is 6.00. The van der Waals surface area contributed by atoms with Gasteiger partial charge in [-0.25, -0.2) is 0 Å². The van der Waals surface area contributed by atoms with Crippen LogP contribution in [0, 0.1) is 18.3 Å². The van der Waals surface area contributed by atoms with E-state index in [0.717, 1.165) is 29.0 Å². The van der Waals surface area contributed by atoms with Crippen molar-refractivity contribution < 1.29 is 4.79 Å². The molecule has 1 aliphatic heterocycles. The predicted molar refractivity (Wildman–Crippen MR) is 106 cm³/mol. The second kappa shape index (κ2) is 6.89. The first kappa shape index (κ1) is 17.3. The summed E-state index contributed by atoms with van der Waals surface area (Å²) in [6.45, 7) is 3.97. The van der Waals surface area contributed by atoms with Crippen molar-refractivity contribution in [1.29, 1.82) is 5.26 Å². The number of nitrogens with zero attached hydrogens (tertiary/aromatic N) is 1. The molecule has 2 atom stereocenters. The zero-order chi connectivity index (χ0) is 19.0. The van der Waals surface area contributed by atoms with Gasteiger partial charge in [-0.2, -0.15) is 5.26 Å². The van der Waals surface area contributed by atoms with Crippen molar-refractivity contribution in [2.24, 2.45) is 0 Å². The topological polar surface area (TPSA) is 52.9 Å². The van der Waals surface area contributed by atoms with Crippen molar-refractivity contribution in [1.82, 2.24) is 5.32 Å². The van der Waals surface area contributed by atoms with E-state index in [2.05, 4.69) is 23.5 Å². The molecule has 0 saturated heterocycles. The molecule has 1 N–H and O–H groups in total. The maximum Gasteiger partial charge on any atom is 0.162 e. The minimum Gasteiger partial charge on any atom is -0.361 e. The van der Waals surface area contributed by atoms with Gasteiger partial charge in [0, 0.05) is 23.4 Å². The average Bonchev–Trinajstić information content (AvgIpc) is 2.68. The fraction of sp³-hybridized carbons (Fsp3) is 0.250. The van der Waals surface area contributed by atoms with Gasteiger partial charge in [0.15, 0.2) is 5.78 Å². The Hall–Kier alpha value is -3.12. The number of Topliss-reactive ketones (excluding diaryl/α,β-unsaturated/α-hetero) is 1. The van der Waals surface area contributed by atoms with E-state index in [1.807, 2.05) is 56.3 Å². The maximum absolute atomic E-state index is 13.2. The van der Waals surface area contributed by atoms with Gasteiger partial charge in [-0.05, 0) is 37.3 Å². The second-order valence-electron chi connectivity index (χ2n) is 7.45. The molecule has 27 heavy (non-hydrogen) atoms. The Morgan fingerprint density at radius 1 is 0.963 bits per heavy atom. The molecule has 3 heteroatoms. The maximum atomic E-state index is 13.2. The first-order valence-corrected chi connectivity index (χ1v) is 9.34. The van der Waals surface area contributed by atoms with Gasteiger partial charge in [-0.1, -0.05) is 60.2 Å². The van der Waals surface area contributed by atoms with Crippen molar-refractivity contribution in [2.75, 3.05) is 0 Å². The third-order valence-corrected chi connectivity index (χ3v) is 5.63. The number of ketones is 1. The second-order valence-corrected chi connectivity index (χ2v) is 7.45. The number of dihydropyridines is 1. The van der Waals surface area contributed by atoms with E-state index < -0.39 is 0 Å². The van der Waals surface area contributed by atoms with Crippen LogP contribution in [0.2, 0.25) is 0 Å². The number of carbonyl (C=O) groups is 1. The van der Waals surface area contributed by atoms with Crippen LogP contribution >= 0.6 is 0 Å². The van der Waals surface area contributed by atoms with Gasteiger partial charge >= 0.3 is 0 Å². The third-order valence-electron chi connectivity index (χ3n) is 5.63. The molecule has 2 aromatic carbocycles. The summed E-state index contributed by atoms with van der Waals surface area (Å²) in [4.78, 5) is 13.2. The van der Waals surface area contributed by atoms with E-state index in [0.29, 0.717) is 12.0 Å². The fourth-order valence-electron chi connectivity index (χ4n) is 4.24. The Morgan fingerprint density at radius 3 is 2.33 bits per heavy atom. The first-order chi connectivity index (χ1) is 13.1. The van der Waals surface area contributed by atoms with Crippen LogP contribution in [0.4, 0.5) is 0 Å². The van der Waals surface area contributed by atoms with Crippen molar-refractivity contribution >= 4 is 5.78 Å². The molecule has 0 radical (unpaired) electrons. The third kappa shape index (κ3) is 3.08. The summed E-state index contributed by atoms with van der Waals surface area (Å²) in [5.41, 5.74) is 6.61. The van der Waals surface area contributed by atoms with Crippen LogP contribution in [-0.4, -0.2) is 5.78 Å². The van der Waals surface area contributed by atoms with E-state index in [4.69, 9.17) is 0 Å². The first-order valence-electron chi connectivity index (χ1n) is 9.34. The zero-order valence-corrected chi connectivity index (χ0v) is 15.6. The van der Waals surface area contributed by atoms with E-state index in [1.165, 1.54) is 11.1 Å². The van der Waals surface area contributed by atoms with Gasteiger partial charge in [0.2, 0.25) is 0 Å². The number of rotatable bonds is 2. The van der Waals surface area contributed by atoms with Crippen molar-refractivity contribution in [2.45, 2.75) is 38.5 Å². The molecular weight excluding hydrogens is 332 g/mol. The minimum atomic E-state index is -0.268. The number of allylic oxidation sites excluding steroid dienone is 4. The van der Waals surface area contributed by atoms with Gasteiger partial charge in [0.25, 0.3) is 0 Å². The molecule has 3 nitrogen and oxygen atoms in total. The molecule has 0 amide bonds. The number of nitrogens with one attached hydrogen (secondary N) is 1. The molecule has 0 fully saturated rings. The summed E-state index contributed by atoms with van der Waals surface area (Å²) in [6.07, 6.45) is 1.29. The Bertz CT molecular complexity index is 991. The monoisotopic (exact) mass is 354 g/mol. The highest BCUT2D eigenvalue weighted by Crippen LogP contribution is 2.45. The molecule has 134 valence electrons. The van der Waals surface area contributed by atoms with E-state index >= 15 is 0 Å². The fourth-order valence-corrected chi connectivity index (χ4v) is 4.24. The molecule has 4 rings (SSSR count). The lowest BCUT2D eigenvalue weighted by Gasteiger charge is -2.35. The van der Waals surface area contributed by atoms with E-state index in [9.17, 15) is 10.1 Å². The molecule has 0 aromatic heterocycles. The summed E-state index contributed by atoms with van der Waals surface area (Å²) < 4.78 is 0. The Labute approximate surface area is 160 Å². The number of hydrogen-bond donors (Lipinski definition) is 1.